The zero-order valence-electron chi connectivity index (χ0n) is 9.95. The lowest BCUT2D eigenvalue weighted by atomic mass is 10.1. The molecule has 2 nitrogen and oxygen atoms in total. The summed E-state index contributed by atoms with van der Waals surface area (Å²) in [5, 5.41) is 3.76. The predicted octanol–water partition coefficient (Wildman–Crippen LogP) is 2.67. The molecule has 0 spiro atoms. The van der Waals surface area contributed by atoms with Gasteiger partial charge in [0.15, 0.2) is 0 Å². The van der Waals surface area contributed by atoms with Gasteiger partial charge in [-0.1, -0.05) is 6.07 Å². The molecule has 0 aliphatic heterocycles. The Balaban J connectivity index is 1.60. The molecule has 2 heteroatoms. The van der Waals surface area contributed by atoms with E-state index in [1.54, 1.807) is 0 Å². The van der Waals surface area contributed by atoms with E-state index in [0.29, 0.717) is 0 Å². The zero-order valence-corrected chi connectivity index (χ0v) is 9.95. The van der Waals surface area contributed by atoms with Crippen molar-refractivity contribution in [2.75, 3.05) is 0 Å². The Labute approximate surface area is 97.5 Å². The van der Waals surface area contributed by atoms with Gasteiger partial charge >= 0.3 is 0 Å². The minimum absolute atomic E-state index is 0.791. The second-order valence-corrected chi connectivity index (χ2v) is 5.33. The third-order valence-electron chi connectivity index (χ3n) is 3.90. The molecule has 3 rings (SSSR count). The summed E-state index contributed by atoms with van der Waals surface area (Å²) in [6.45, 7) is 3.09. The van der Waals surface area contributed by atoms with Crippen LogP contribution < -0.4 is 5.32 Å². The molecule has 1 aromatic heterocycles. The number of rotatable bonds is 5. The molecule has 16 heavy (non-hydrogen) atoms. The van der Waals surface area contributed by atoms with E-state index in [1.807, 2.05) is 12.3 Å². The highest BCUT2D eigenvalue weighted by Crippen LogP contribution is 2.44. The van der Waals surface area contributed by atoms with E-state index in [0.717, 1.165) is 24.4 Å². The lowest BCUT2D eigenvalue weighted by Gasteiger charge is -2.18. The Kier molecular flexibility index (Phi) is 2.68. The Hall–Kier alpha value is -0.890. The van der Waals surface area contributed by atoms with Gasteiger partial charge in [0.1, 0.15) is 0 Å². The van der Waals surface area contributed by atoms with Crippen LogP contribution in [0.2, 0.25) is 0 Å². The first-order valence-corrected chi connectivity index (χ1v) is 6.48. The Morgan fingerprint density at radius 3 is 2.56 bits per heavy atom. The first kappa shape index (κ1) is 10.3. The Morgan fingerprint density at radius 2 is 2.00 bits per heavy atom. The standard InChI is InChI=1S/C14H20N2/c1-10-13(3-2-8-15-10)9-16-14(11-4-5-11)12-6-7-12/h2-3,8,11-12,14,16H,4-7,9H2,1H3. The van der Waals surface area contributed by atoms with E-state index >= 15 is 0 Å². The maximum absolute atomic E-state index is 4.34. The average Bonchev–Trinajstić information content (AvgIpc) is 3.15. The zero-order chi connectivity index (χ0) is 11.0. The second-order valence-electron chi connectivity index (χ2n) is 5.33. The van der Waals surface area contributed by atoms with Gasteiger partial charge in [0.2, 0.25) is 0 Å². The fourth-order valence-electron chi connectivity index (χ4n) is 2.56. The summed E-state index contributed by atoms with van der Waals surface area (Å²) in [6, 6.07) is 5.01. The fourth-order valence-corrected chi connectivity index (χ4v) is 2.56. The van der Waals surface area contributed by atoms with Gasteiger partial charge in [-0.15, -0.1) is 0 Å². The average molecular weight is 216 g/mol. The molecule has 1 aromatic rings. The maximum Gasteiger partial charge on any atom is 0.0417 e. The maximum atomic E-state index is 4.34. The van der Waals surface area contributed by atoms with Crippen LogP contribution in [0.1, 0.15) is 36.9 Å². The molecule has 2 aliphatic rings. The van der Waals surface area contributed by atoms with Crippen LogP contribution in [0, 0.1) is 18.8 Å². The second kappa shape index (κ2) is 4.17. The Bertz CT molecular complexity index is 355. The summed E-state index contributed by atoms with van der Waals surface area (Å²) >= 11 is 0. The van der Waals surface area contributed by atoms with Crippen molar-refractivity contribution in [1.29, 1.82) is 0 Å². The van der Waals surface area contributed by atoms with Crippen molar-refractivity contribution in [2.45, 2.75) is 45.2 Å². The summed E-state index contributed by atoms with van der Waals surface area (Å²) in [7, 11) is 0. The summed E-state index contributed by atoms with van der Waals surface area (Å²) in [5.74, 6) is 1.95. The lowest BCUT2D eigenvalue weighted by Crippen LogP contribution is -2.32. The molecule has 0 bridgehead atoms. The van der Waals surface area contributed by atoms with Crippen LogP contribution in [0.25, 0.3) is 0 Å². The minimum atomic E-state index is 0.791. The predicted molar refractivity (Wildman–Crippen MR) is 65.0 cm³/mol. The molecule has 0 unspecified atom stereocenters. The molecule has 0 amide bonds. The molecule has 2 fully saturated rings. The lowest BCUT2D eigenvalue weighted by molar-refractivity contribution is 0.415. The molecule has 0 aromatic carbocycles. The molecule has 1 heterocycles. The summed E-state index contributed by atoms with van der Waals surface area (Å²) in [6.07, 6.45) is 7.65. The molecule has 1 N–H and O–H groups in total. The van der Waals surface area contributed by atoms with Crippen molar-refractivity contribution in [3.63, 3.8) is 0 Å². The molecule has 2 aliphatic carbocycles. The first-order chi connectivity index (χ1) is 7.84. The van der Waals surface area contributed by atoms with Crippen LogP contribution in [-0.2, 0) is 6.54 Å². The highest BCUT2D eigenvalue weighted by atomic mass is 14.9. The van der Waals surface area contributed by atoms with E-state index in [-0.39, 0.29) is 0 Å². The van der Waals surface area contributed by atoms with Gasteiger partial charge in [0.25, 0.3) is 0 Å². The summed E-state index contributed by atoms with van der Waals surface area (Å²) < 4.78 is 0. The van der Waals surface area contributed by atoms with Gasteiger partial charge in [0, 0.05) is 24.5 Å². The van der Waals surface area contributed by atoms with Crippen LogP contribution in [0.15, 0.2) is 18.3 Å². The third-order valence-corrected chi connectivity index (χ3v) is 3.90. The molecular formula is C14H20N2. The molecule has 0 radical (unpaired) electrons. The van der Waals surface area contributed by atoms with E-state index in [2.05, 4.69) is 23.3 Å². The monoisotopic (exact) mass is 216 g/mol. The number of pyridine rings is 1. The fraction of sp³-hybridized carbons (Fsp3) is 0.643. The van der Waals surface area contributed by atoms with Gasteiger partial charge < -0.3 is 5.32 Å². The number of aryl methyl sites for hydroxylation is 1. The van der Waals surface area contributed by atoms with Crippen molar-refractivity contribution >= 4 is 0 Å². The number of hydrogen-bond donors (Lipinski definition) is 1. The highest BCUT2D eigenvalue weighted by molar-refractivity contribution is 5.18. The molecule has 2 saturated carbocycles. The largest absolute Gasteiger partial charge is 0.309 e. The van der Waals surface area contributed by atoms with Crippen molar-refractivity contribution in [3.05, 3.63) is 29.6 Å². The van der Waals surface area contributed by atoms with Gasteiger partial charge in [-0.3, -0.25) is 4.98 Å². The molecule has 0 atom stereocenters. The molecular weight excluding hydrogens is 196 g/mol. The van der Waals surface area contributed by atoms with Gasteiger partial charge in [-0.05, 0) is 56.1 Å². The third kappa shape index (κ3) is 2.27. The first-order valence-electron chi connectivity index (χ1n) is 6.48. The van der Waals surface area contributed by atoms with Gasteiger partial charge in [-0.25, -0.2) is 0 Å². The summed E-state index contributed by atoms with van der Waals surface area (Å²) in [4.78, 5) is 4.34. The highest BCUT2D eigenvalue weighted by Gasteiger charge is 2.40. The summed E-state index contributed by atoms with van der Waals surface area (Å²) in [5.41, 5.74) is 2.52. The van der Waals surface area contributed by atoms with Crippen molar-refractivity contribution in [3.8, 4) is 0 Å². The number of nitrogens with zero attached hydrogens (tertiary/aromatic N) is 1. The number of nitrogens with one attached hydrogen (secondary N) is 1. The van der Waals surface area contributed by atoms with Gasteiger partial charge in [-0.2, -0.15) is 0 Å². The van der Waals surface area contributed by atoms with Crippen LogP contribution in [0.3, 0.4) is 0 Å². The van der Waals surface area contributed by atoms with Crippen molar-refractivity contribution in [1.82, 2.24) is 10.3 Å². The molecule has 0 saturated heterocycles. The van der Waals surface area contributed by atoms with Crippen molar-refractivity contribution < 1.29 is 0 Å². The van der Waals surface area contributed by atoms with E-state index < -0.39 is 0 Å². The number of aromatic nitrogens is 1. The molecule has 86 valence electrons. The van der Waals surface area contributed by atoms with E-state index in [4.69, 9.17) is 0 Å². The van der Waals surface area contributed by atoms with Crippen LogP contribution in [0.5, 0.6) is 0 Å². The number of hydrogen-bond acceptors (Lipinski definition) is 2. The quantitative estimate of drug-likeness (QED) is 0.818. The Morgan fingerprint density at radius 1 is 1.31 bits per heavy atom. The minimum Gasteiger partial charge on any atom is -0.309 e. The van der Waals surface area contributed by atoms with Crippen LogP contribution in [0.4, 0.5) is 0 Å². The van der Waals surface area contributed by atoms with Crippen LogP contribution in [-0.4, -0.2) is 11.0 Å². The van der Waals surface area contributed by atoms with Gasteiger partial charge in [0.05, 0.1) is 0 Å². The SMILES string of the molecule is Cc1ncccc1CNC(C1CC1)C1CC1. The normalized spacial score (nSPS) is 20.4. The topological polar surface area (TPSA) is 24.9 Å². The van der Waals surface area contributed by atoms with Crippen molar-refractivity contribution in [2.24, 2.45) is 11.8 Å². The van der Waals surface area contributed by atoms with Crippen LogP contribution >= 0.6 is 0 Å². The van der Waals surface area contributed by atoms with E-state index in [1.165, 1.54) is 36.9 Å². The van der Waals surface area contributed by atoms with E-state index in [9.17, 15) is 0 Å². The smallest absolute Gasteiger partial charge is 0.0417 e.